The molecular weight excluding hydrogens is 397 g/mol. The highest BCUT2D eigenvalue weighted by Crippen LogP contribution is 2.29. The zero-order valence-corrected chi connectivity index (χ0v) is 15.7. The predicted molar refractivity (Wildman–Crippen MR) is 104 cm³/mol. The fourth-order valence-corrected chi connectivity index (χ4v) is 2.98. The van der Waals surface area contributed by atoms with Gasteiger partial charge in [0.15, 0.2) is 0 Å². The van der Waals surface area contributed by atoms with E-state index in [4.69, 9.17) is 5.73 Å². The topological polar surface area (TPSA) is 83.7 Å². The summed E-state index contributed by atoms with van der Waals surface area (Å²) in [6, 6.07) is 2.40. The van der Waals surface area contributed by atoms with Crippen LogP contribution in [0.1, 0.15) is 6.42 Å². The summed E-state index contributed by atoms with van der Waals surface area (Å²) < 4.78 is 28.8. The molecule has 27 heavy (non-hydrogen) atoms. The van der Waals surface area contributed by atoms with Crippen LogP contribution in [-0.4, -0.2) is 39.3 Å². The predicted octanol–water partition coefficient (Wildman–Crippen LogP) is 3.19. The van der Waals surface area contributed by atoms with E-state index >= 15 is 0 Å². The molecule has 1 unspecified atom stereocenters. The van der Waals surface area contributed by atoms with E-state index in [-0.39, 0.29) is 47.7 Å². The Hall–Kier alpha value is -2.29. The van der Waals surface area contributed by atoms with Crippen LogP contribution in [0.4, 0.5) is 14.6 Å². The maximum Gasteiger partial charge on any atom is 0.147 e. The molecule has 0 aliphatic carbocycles. The molecule has 3 heterocycles. The number of benzene rings is 1. The second-order valence-corrected chi connectivity index (χ2v) is 6.05. The molecule has 10 heteroatoms. The Morgan fingerprint density at radius 3 is 2.37 bits per heavy atom. The Labute approximate surface area is 167 Å². The van der Waals surface area contributed by atoms with E-state index in [1.165, 1.54) is 18.6 Å². The maximum absolute atomic E-state index is 14.5. The summed E-state index contributed by atoms with van der Waals surface area (Å²) in [7, 11) is 0. The third-order valence-electron chi connectivity index (χ3n) is 4.33. The molecule has 0 radical (unpaired) electrons. The number of halogens is 4. The van der Waals surface area contributed by atoms with E-state index in [0.29, 0.717) is 11.4 Å². The Morgan fingerprint density at radius 1 is 1.04 bits per heavy atom. The van der Waals surface area contributed by atoms with Crippen LogP contribution in [-0.2, 0) is 0 Å². The van der Waals surface area contributed by atoms with Gasteiger partial charge in [0.2, 0.25) is 0 Å². The highest BCUT2D eigenvalue weighted by Gasteiger charge is 2.21. The normalized spacial score (nSPS) is 16.0. The lowest BCUT2D eigenvalue weighted by Gasteiger charge is -2.16. The number of rotatable bonds is 3. The number of nitrogens with one attached hydrogen (secondary N) is 1. The molecule has 3 N–H and O–H groups in total. The second kappa shape index (κ2) is 8.60. The van der Waals surface area contributed by atoms with Crippen molar-refractivity contribution in [3.05, 3.63) is 48.6 Å². The van der Waals surface area contributed by atoms with Gasteiger partial charge in [0, 0.05) is 42.0 Å². The van der Waals surface area contributed by atoms with Crippen molar-refractivity contribution in [1.29, 1.82) is 0 Å². The Bertz CT molecular complexity index is 889. The second-order valence-electron chi connectivity index (χ2n) is 6.05. The molecule has 1 aliphatic heterocycles. The summed E-state index contributed by atoms with van der Waals surface area (Å²) in [6.45, 7) is 1.54. The average molecular weight is 415 g/mol. The van der Waals surface area contributed by atoms with Gasteiger partial charge < -0.3 is 10.6 Å². The summed E-state index contributed by atoms with van der Waals surface area (Å²) in [6.07, 6.45) is 6.86. The zero-order valence-electron chi connectivity index (χ0n) is 14.1. The van der Waals surface area contributed by atoms with Crippen LogP contribution in [0.5, 0.6) is 0 Å². The van der Waals surface area contributed by atoms with E-state index < -0.39 is 11.6 Å². The number of anilines is 1. The van der Waals surface area contributed by atoms with Gasteiger partial charge in [-0.2, -0.15) is 5.10 Å². The van der Waals surface area contributed by atoms with Crippen molar-refractivity contribution < 1.29 is 8.78 Å². The molecule has 3 aromatic rings. The average Bonchev–Trinajstić information content (AvgIpc) is 3.28. The van der Waals surface area contributed by atoms with Crippen LogP contribution in [0.15, 0.2) is 36.9 Å². The number of nitrogens with two attached hydrogens (primary N) is 1. The van der Waals surface area contributed by atoms with Gasteiger partial charge in [0.25, 0.3) is 0 Å². The monoisotopic (exact) mass is 414 g/mol. The molecule has 0 bridgehead atoms. The van der Waals surface area contributed by atoms with Crippen molar-refractivity contribution in [2.45, 2.75) is 12.5 Å². The minimum atomic E-state index is -0.567. The van der Waals surface area contributed by atoms with Gasteiger partial charge in [-0.3, -0.25) is 10.1 Å². The molecule has 2 aromatic heterocycles. The number of aromatic amines is 1. The molecule has 1 aliphatic rings. The van der Waals surface area contributed by atoms with E-state index in [9.17, 15) is 8.78 Å². The van der Waals surface area contributed by atoms with Crippen molar-refractivity contribution in [2.24, 2.45) is 5.73 Å². The minimum absolute atomic E-state index is 0. The first-order valence-electron chi connectivity index (χ1n) is 7.93. The smallest absolute Gasteiger partial charge is 0.147 e. The van der Waals surface area contributed by atoms with Crippen LogP contribution in [0.25, 0.3) is 22.4 Å². The van der Waals surface area contributed by atoms with E-state index in [1.54, 1.807) is 6.20 Å². The Kier molecular flexibility index (Phi) is 6.69. The van der Waals surface area contributed by atoms with Crippen molar-refractivity contribution in [3.8, 4) is 22.4 Å². The van der Waals surface area contributed by atoms with Gasteiger partial charge in [-0.05, 0) is 18.6 Å². The first-order valence-corrected chi connectivity index (χ1v) is 7.93. The summed E-state index contributed by atoms with van der Waals surface area (Å²) in [5, 5.41) is 6.33. The summed E-state index contributed by atoms with van der Waals surface area (Å²) in [5.41, 5.74) is 6.86. The highest BCUT2D eigenvalue weighted by molar-refractivity contribution is 5.85. The molecule has 1 saturated heterocycles. The van der Waals surface area contributed by atoms with Crippen LogP contribution >= 0.6 is 24.8 Å². The van der Waals surface area contributed by atoms with Crippen LogP contribution in [0, 0.1) is 11.6 Å². The molecular formula is C17H18Cl2F2N6. The van der Waals surface area contributed by atoms with Gasteiger partial charge in [-0.25, -0.2) is 13.8 Å². The number of nitrogens with zero attached hydrogens (tertiary/aromatic N) is 4. The van der Waals surface area contributed by atoms with Crippen molar-refractivity contribution in [1.82, 2.24) is 20.2 Å². The molecule has 1 atom stereocenters. The standard InChI is InChI=1S/C17H16F2N6.2ClH/c18-14-4-13(15(19)3-12(14)10-5-23-24-6-10)16-7-22-17(8-21-16)25-2-1-11(20)9-25;;/h3-8,11H,1-2,9,20H2,(H,23,24);2*1H. The van der Waals surface area contributed by atoms with Crippen molar-refractivity contribution in [2.75, 3.05) is 18.0 Å². The molecule has 144 valence electrons. The van der Waals surface area contributed by atoms with Crippen LogP contribution in [0.2, 0.25) is 0 Å². The third kappa shape index (κ3) is 4.18. The summed E-state index contributed by atoms with van der Waals surface area (Å²) in [4.78, 5) is 10.6. The van der Waals surface area contributed by atoms with Gasteiger partial charge in [0.1, 0.15) is 17.5 Å². The van der Waals surface area contributed by atoms with Gasteiger partial charge in [-0.15, -0.1) is 24.8 Å². The lowest BCUT2D eigenvalue weighted by atomic mass is 10.0. The van der Waals surface area contributed by atoms with E-state index in [1.807, 2.05) is 4.90 Å². The van der Waals surface area contributed by atoms with Crippen LogP contribution in [0.3, 0.4) is 0 Å². The fourth-order valence-electron chi connectivity index (χ4n) is 2.98. The SMILES string of the molecule is Cl.Cl.NC1CCN(c2cnc(-c3cc(F)c(-c4cn[nH]c4)cc3F)cn2)C1. The minimum Gasteiger partial charge on any atom is -0.354 e. The first-order chi connectivity index (χ1) is 12.1. The highest BCUT2D eigenvalue weighted by atomic mass is 35.5. The number of hydrogen-bond donors (Lipinski definition) is 2. The van der Waals surface area contributed by atoms with Gasteiger partial charge in [0.05, 0.1) is 24.3 Å². The quantitative estimate of drug-likeness (QED) is 0.687. The van der Waals surface area contributed by atoms with Crippen LogP contribution < -0.4 is 10.6 Å². The van der Waals surface area contributed by atoms with Gasteiger partial charge >= 0.3 is 0 Å². The Balaban J connectivity index is 0.00000131. The molecule has 0 amide bonds. The lowest BCUT2D eigenvalue weighted by Crippen LogP contribution is -2.26. The Morgan fingerprint density at radius 2 is 1.78 bits per heavy atom. The van der Waals surface area contributed by atoms with E-state index in [2.05, 4.69) is 20.2 Å². The number of hydrogen-bond acceptors (Lipinski definition) is 5. The largest absolute Gasteiger partial charge is 0.354 e. The van der Waals surface area contributed by atoms with Crippen molar-refractivity contribution in [3.63, 3.8) is 0 Å². The van der Waals surface area contributed by atoms with E-state index in [0.717, 1.165) is 31.6 Å². The third-order valence-corrected chi connectivity index (χ3v) is 4.33. The molecule has 4 rings (SSSR count). The molecule has 6 nitrogen and oxygen atoms in total. The summed E-state index contributed by atoms with van der Waals surface area (Å²) >= 11 is 0. The first kappa shape index (κ1) is 21.0. The molecule has 1 aromatic carbocycles. The van der Waals surface area contributed by atoms with Crippen molar-refractivity contribution >= 4 is 30.6 Å². The lowest BCUT2D eigenvalue weighted by molar-refractivity contribution is 0.605. The number of aromatic nitrogens is 4. The zero-order chi connectivity index (χ0) is 17.4. The molecule has 1 fully saturated rings. The molecule has 0 spiro atoms. The fraction of sp³-hybridized carbons (Fsp3) is 0.235. The summed E-state index contributed by atoms with van der Waals surface area (Å²) in [5.74, 6) is -0.426. The van der Waals surface area contributed by atoms with Gasteiger partial charge in [-0.1, -0.05) is 0 Å². The number of H-pyrrole nitrogens is 1. The molecule has 0 saturated carbocycles. The maximum atomic E-state index is 14.5.